The molecule has 0 atom stereocenters. The van der Waals surface area contributed by atoms with Crippen molar-refractivity contribution in [2.45, 2.75) is 78.6 Å². The quantitative estimate of drug-likeness (QED) is 0.413. The van der Waals surface area contributed by atoms with Crippen molar-refractivity contribution < 1.29 is 0 Å². The van der Waals surface area contributed by atoms with E-state index >= 15 is 0 Å². The Hall–Kier alpha value is 0. The minimum Gasteiger partial charge on any atom is -0.0654 e. The number of hydrogen-bond donors (Lipinski definition) is 0. The van der Waals surface area contributed by atoms with Gasteiger partial charge in [-0.25, -0.2) is 0 Å². The highest BCUT2D eigenvalue weighted by atomic mass is 14.0. The van der Waals surface area contributed by atoms with Crippen LogP contribution in [0.1, 0.15) is 78.6 Å². The van der Waals surface area contributed by atoms with E-state index < -0.39 is 0 Å². The molecule has 0 amide bonds. The van der Waals surface area contributed by atoms with E-state index in [1.54, 1.807) is 0 Å². The Labute approximate surface area is 91.5 Å². The first-order valence-electron chi connectivity index (χ1n) is 6.59. The van der Waals surface area contributed by atoms with Crippen LogP contribution in [0.3, 0.4) is 0 Å². The third kappa shape index (κ3) is 12.0. The second-order valence-corrected chi connectivity index (χ2v) is 4.83. The van der Waals surface area contributed by atoms with E-state index in [1.807, 2.05) is 0 Å². The van der Waals surface area contributed by atoms with Gasteiger partial charge in [0.1, 0.15) is 0 Å². The van der Waals surface area contributed by atoms with Crippen molar-refractivity contribution in [3.8, 4) is 0 Å². The molecule has 14 heavy (non-hydrogen) atoms. The zero-order chi connectivity index (χ0) is 10.6. The smallest absolute Gasteiger partial charge is 0.0383 e. The van der Waals surface area contributed by atoms with Gasteiger partial charge in [-0.2, -0.15) is 0 Å². The minimum absolute atomic E-state index is 0.847. The molecule has 0 aromatic heterocycles. The highest BCUT2D eigenvalue weighted by Crippen LogP contribution is 2.11. The molecule has 0 N–H and O–H groups in total. The average molecular weight is 197 g/mol. The lowest BCUT2D eigenvalue weighted by molar-refractivity contribution is 0.567. The van der Waals surface area contributed by atoms with E-state index in [4.69, 9.17) is 0 Å². The van der Waals surface area contributed by atoms with E-state index in [2.05, 4.69) is 27.2 Å². The summed E-state index contributed by atoms with van der Waals surface area (Å²) in [5.74, 6) is 0.847. The van der Waals surface area contributed by atoms with Crippen LogP contribution >= 0.6 is 0 Å². The van der Waals surface area contributed by atoms with Crippen molar-refractivity contribution in [2.75, 3.05) is 0 Å². The van der Waals surface area contributed by atoms with Crippen molar-refractivity contribution in [3.05, 3.63) is 6.42 Å². The molecule has 1 radical (unpaired) electrons. The molecule has 0 aromatic rings. The highest BCUT2D eigenvalue weighted by molar-refractivity contribution is 4.66. The summed E-state index contributed by atoms with van der Waals surface area (Å²) in [4.78, 5) is 0. The molecular weight excluding hydrogens is 168 g/mol. The SMILES string of the molecule is CCCCCCCCC[CH]CC(C)C. The summed E-state index contributed by atoms with van der Waals surface area (Å²) in [5.41, 5.74) is 0. The maximum absolute atomic E-state index is 2.47. The summed E-state index contributed by atoms with van der Waals surface area (Å²) in [7, 11) is 0. The molecule has 0 fully saturated rings. The third-order valence-electron chi connectivity index (χ3n) is 2.65. The fraction of sp³-hybridized carbons (Fsp3) is 0.929. The summed E-state index contributed by atoms with van der Waals surface area (Å²) in [6.07, 6.45) is 15.1. The van der Waals surface area contributed by atoms with Crippen molar-refractivity contribution >= 4 is 0 Å². The zero-order valence-electron chi connectivity index (χ0n) is 10.5. The molecule has 85 valence electrons. The van der Waals surface area contributed by atoms with Crippen LogP contribution in [-0.4, -0.2) is 0 Å². The van der Waals surface area contributed by atoms with E-state index in [1.165, 1.54) is 57.8 Å². The van der Waals surface area contributed by atoms with Gasteiger partial charge < -0.3 is 0 Å². The summed E-state index contributed by atoms with van der Waals surface area (Å²) in [6.45, 7) is 6.86. The van der Waals surface area contributed by atoms with Crippen LogP contribution in [0.5, 0.6) is 0 Å². The molecular formula is C14H29. The maximum atomic E-state index is 2.47. The van der Waals surface area contributed by atoms with E-state index in [0.29, 0.717) is 0 Å². The van der Waals surface area contributed by atoms with Crippen LogP contribution in [-0.2, 0) is 0 Å². The Morgan fingerprint density at radius 1 is 0.857 bits per heavy atom. The van der Waals surface area contributed by atoms with Crippen molar-refractivity contribution in [3.63, 3.8) is 0 Å². The van der Waals surface area contributed by atoms with E-state index in [-0.39, 0.29) is 0 Å². The molecule has 0 aliphatic rings. The standard InChI is InChI=1S/C14H29/c1-4-5-6-7-8-9-10-11-12-13-14(2)3/h12,14H,4-11,13H2,1-3H3. The minimum atomic E-state index is 0.847. The highest BCUT2D eigenvalue weighted by Gasteiger charge is 1.94. The lowest BCUT2D eigenvalue weighted by Gasteiger charge is -2.03. The molecule has 0 nitrogen and oxygen atoms in total. The maximum Gasteiger partial charge on any atom is -0.0383 e. The predicted molar refractivity (Wildman–Crippen MR) is 66.4 cm³/mol. The van der Waals surface area contributed by atoms with Crippen LogP contribution < -0.4 is 0 Å². The summed E-state index contributed by atoms with van der Waals surface area (Å²) in [5, 5.41) is 0. The van der Waals surface area contributed by atoms with Crippen LogP contribution in [0.15, 0.2) is 0 Å². The van der Waals surface area contributed by atoms with Gasteiger partial charge in [0.2, 0.25) is 0 Å². The van der Waals surface area contributed by atoms with Crippen molar-refractivity contribution in [1.29, 1.82) is 0 Å². The molecule has 0 heterocycles. The molecule has 0 bridgehead atoms. The first-order chi connectivity index (χ1) is 6.77. The number of rotatable bonds is 10. The first kappa shape index (κ1) is 14.0. The first-order valence-corrected chi connectivity index (χ1v) is 6.59. The monoisotopic (exact) mass is 197 g/mol. The topological polar surface area (TPSA) is 0 Å². The van der Waals surface area contributed by atoms with Crippen LogP contribution in [0.4, 0.5) is 0 Å². The van der Waals surface area contributed by atoms with Gasteiger partial charge in [-0.05, 0) is 18.8 Å². The molecule has 0 unspecified atom stereocenters. The molecule has 0 aromatic carbocycles. The summed E-state index contributed by atoms with van der Waals surface area (Å²) < 4.78 is 0. The van der Waals surface area contributed by atoms with Gasteiger partial charge in [-0.15, -0.1) is 0 Å². The molecule has 0 aliphatic carbocycles. The Bertz CT molecular complexity index is 94.2. The Kier molecular flexibility index (Phi) is 11.1. The van der Waals surface area contributed by atoms with Crippen molar-refractivity contribution in [2.24, 2.45) is 5.92 Å². The Morgan fingerprint density at radius 2 is 1.43 bits per heavy atom. The summed E-state index contributed by atoms with van der Waals surface area (Å²) in [6, 6.07) is 0. The van der Waals surface area contributed by atoms with Crippen molar-refractivity contribution in [1.82, 2.24) is 0 Å². The number of hydrogen-bond acceptors (Lipinski definition) is 0. The molecule has 0 spiro atoms. The fourth-order valence-electron chi connectivity index (χ4n) is 1.70. The van der Waals surface area contributed by atoms with Gasteiger partial charge >= 0.3 is 0 Å². The van der Waals surface area contributed by atoms with Gasteiger partial charge in [0.15, 0.2) is 0 Å². The molecule has 0 saturated carbocycles. The lowest BCUT2D eigenvalue weighted by atomic mass is 10.0. The second-order valence-electron chi connectivity index (χ2n) is 4.83. The lowest BCUT2D eigenvalue weighted by Crippen LogP contribution is -1.88. The largest absolute Gasteiger partial charge is 0.0654 e. The van der Waals surface area contributed by atoms with Gasteiger partial charge in [-0.3, -0.25) is 0 Å². The third-order valence-corrected chi connectivity index (χ3v) is 2.65. The molecule has 0 saturated heterocycles. The van der Waals surface area contributed by atoms with Crippen LogP contribution in [0, 0.1) is 12.3 Å². The van der Waals surface area contributed by atoms with Crippen LogP contribution in [0.25, 0.3) is 0 Å². The summed E-state index contributed by atoms with van der Waals surface area (Å²) >= 11 is 0. The van der Waals surface area contributed by atoms with Crippen LogP contribution in [0.2, 0.25) is 0 Å². The van der Waals surface area contributed by atoms with E-state index in [0.717, 1.165) is 5.92 Å². The molecule has 0 aliphatic heterocycles. The van der Waals surface area contributed by atoms with Gasteiger partial charge in [0.05, 0.1) is 0 Å². The van der Waals surface area contributed by atoms with E-state index in [9.17, 15) is 0 Å². The Morgan fingerprint density at radius 3 is 2.00 bits per heavy atom. The second kappa shape index (κ2) is 11.1. The Balaban J connectivity index is 2.85. The zero-order valence-corrected chi connectivity index (χ0v) is 10.5. The predicted octanol–water partition coefficient (Wildman–Crippen LogP) is 5.38. The van der Waals surface area contributed by atoms with Gasteiger partial charge in [0, 0.05) is 0 Å². The number of unbranched alkanes of at least 4 members (excludes halogenated alkanes) is 8. The molecule has 0 heteroatoms. The fourth-order valence-corrected chi connectivity index (χ4v) is 1.70. The normalized spacial score (nSPS) is 11.1. The van der Waals surface area contributed by atoms with Gasteiger partial charge in [-0.1, -0.05) is 72.1 Å². The van der Waals surface area contributed by atoms with Gasteiger partial charge in [0.25, 0.3) is 0 Å². The average Bonchev–Trinajstić information content (AvgIpc) is 2.15. The molecule has 0 rings (SSSR count).